The van der Waals surface area contributed by atoms with Crippen LogP contribution in [0.25, 0.3) is 0 Å². The molecular formula is C14H15ClN2O3. The van der Waals surface area contributed by atoms with E-state index in [0.29, 0.717) is 16.5 Å². The molecule has 2 aromatic rings. The van der Waals surface area contributed by atoms with E-state index < -0.39 is 5.60 Å². The number of pyridine rings is 1. The summed E-state index contributed by atoms with van der Waals surface area (Å²) in [5, 5.41) is 13.4. The summed E-state index contributed by atoms with van der Waals surface area (Å²) in [7, 11) is 0. The Bertz CT molecular complexity index is 605. The number of nitrogens with zero attached hydrogens (tertiary/aromatic N) is 1. The van der Waals surface area contributed by atoms with Gasteiger partial charge in [-0.1, -0.05) is 11.6 Å². The summed E-state index contributed by atoms with van der Waals surface area (Å²) >= 11 is 5.70. The van der Waals surface area contributed by atoms with Gasteiger partial charge in [-0.25, -0.2) is 4.98 Å². The van der Waals surface area contributed by atoms with Crippen molar-refractivity contribution in [1.29, 1.82) is 0 Å². The molecule has 0 saturated carbocycles. The van der Waals surface area contributed by atoms with Crippen molar-refractivity contribution in [2.75, 3.05) is 6.54 Å². The van der Waals surface area contributed by atoms with Crippen molar-refractivity contribution in [2.45, 2.75) is 19.4 Å². The number of rotatable bonds is 4. The summed E-state index contributed by atoms with van der Waals surface area (Å²) in [6.45, 7) is 3.37. The summed E-state index contributed by atoms with van der Waals surface area (Å²) < 4.78 is 5.37. The summed E-state index contributed by atoms with van der Waals surface area (Å²) in [5.74, 6) is 0.718. The van der Waals surface area contributed by atoms with Crippen LogP contribution in [0.5, 0.6) is 0 Å². The number of aromatic nitrogens is 1. The molecule has 6 heteroatoms. The molecule has 0 bridgehead atoms. The molecule has 0 saturated heterocycles. The number of furan rings is 1. The fourth-order valence-corrected chi connectivity index (χ4v) is 1.78. The number of aliphatic hydroxyl groups is 1. The number of amides is 1. The van der Waals surface area contributed by atoms with Gasteiger partial charge in [0.2, 0.25) is 0 Å². The highest BCUT2D eigenvalue weighted by molar-refractivity contribution is 6.30. The van der Waals surface area contributed by atoms with Gasteiger partial charge in [0.25, 0.3) is 5.91 Å². The van der Waals surface area contributed by atoms with Crippen LogP contribution in [0.2, 0.25) is 5.02 Å². The van der Waals surface area contributed by atoms with Crippen LogP contribution < -0.4 is 5.32 Å². The number of nitrogens with one attached hydrogen (secondary N) is 1. The molecule has 1 amide bonds. The zero-order valence-corrected chi connectivity index (χ0v) is 11.9. The largest absolute Gasteiger partial charge is 0.463 e. The van der Waals surface area contributed by atoms with E-state index in [1.807, 2.05) is 0 Å². The Morgan fingerprint density at radius 3 is 2.75 bits per heavy atom. The minimum atomic E-state index is -1.28. The van der Waals surface area contributed by atoms with Gasteiger partial charge in [-0.15, -0.1) is 0 Å². The van der Waals surface area contributed by atoms with E-state index in [-0.39, 0.29) is 18.1 Å². The monoisotopic (exact) mass is 294 g/mol. The van der Waals surface area contributed by atoms with Gasteiger partial charge in [0.05, 0.1) is 11.6 Å². The molecule has 1 atom stereocenters. The lowest BCUT2D eigenvalue weighted by atomic mass is 10.0. The van der Waals surface area contributed by atoms with Crippen molar-refractivity contribution >= 4 is 17.5 Å². The van der Waals surface area contributed by atoms with Crippen LogP contribution in [-0.2, 0) is 5.60 Å². The number of aryl methyl sites for hydroxylation is 1. The zero-order valence-electron chi connectivity index (χ0n) is 11.2. The Balaban J connectivity index is 2.00. The third-order valence-corrected chi connectivity index (χ3v) is 3.05. The predicted octanol–water partition coefficient (Wildman–Crippen LogP) is 2.27. The first-order chi connectivity index (χ1) is 9.38. The van der Waals surface area contributed by atoms with E-state index in [1.165, 1.54) is 12.3 Å². The normalized spacial score (nSPS) is 13.8. The summed E-state index contributed by atoms with van der Waals surface area (Å²) in [5.41, 5.74) is -1.04. The van der Waals surface area contributed by atoms with Crippen LogP contribution in [0.1, 0.15) is 28.9 Å². The molecule has 106 valence electrons. The fraction of sp³-hybridized carbons (Fsp3) is 0.286. The Morgan fingerprint density at radius 1 is 1.45 bits per heavy atom. The molecule has 0 spiro atoms. The van der Waals surface area contributed by atoms with Gasteiger partial charge in [-0.3, -0.25) is 4.79 Å². The molecular weight excluding hydrogens is 280 g/mol. The van der Waals surface area contributed by atoms with E-state index in [9.17, 15) is 9.90 Å². The molecule has 5 nitrogen and oxygen atoms in total. The van der Waals surface area contributed by atoms with Crippen LogP contribution in [0.3, 0.4) is 0 Å². The number of carbonyl (C=O) groups is 1. The third kappa shape index (κ3) is 3.37. The SMILES string of the molecule is Cc1ccc(C(C)(O)CNC(=O)c2ccc(Cl)cn2)o1. The summed E-state index contributed by atoms with van der Waals surface area (Å²) in [4.78, 5) is 15.8. The molecule has 1 unspecified atom stereocenters. The Labute approximate surface area is 121 Å². The highest BCUT2D eigenvalue weighted by Crippen LogP contribution is 2.22. The minimum absolute atomic E-state index is 0.0170. The standard InChI is InChI=1S/C14H15ClN2O3/c1-9-3-6-12(20-9)14(2,19)8-17-13(18)11-5-4-10(15)7-16-11/h3-7,19H,8H2,1-2H3,(H,17,18). The van der Waals surface area contributed by atoms with Crippen molar-refractivity contribution in [3.05, 3.63) is 52.7 Å². The van der Waals surface area contributed by atoms with Crippen molar-refractivity contribution in [2.24, 2.45) is 0 Å². The van der Waals surface area contributed by atoms with Gasteiger partial charge < -0.3 is 14.8 Å². The van der Waals surface area contributed by atoms with Crippen LogP contribution in [0.4, 0.5) is 0 Å². The topological polar surface area (TPSA) is 75.4 Å². The van der Waals surface area contributed by atoms with Crippen molar-refractivity contribution in [1.82, 2.24) is 10.3 Å². The van der Waals surface area contributed by atoms with Gasteiger partial charge in [-0.05, 0) is 38.1 Å². The lowest BCUT2D eigenvalue weighted by Gasteiger charge is -2.21. The molecule has 0 aliphatic carbocycles. The van der Waals surface area contributed by atoms with Crippen LogP contribution in [-0.4, -0.2) is 22.5 Å². The average Bonchev–Trinajstić information content (AvgIpc) is 2.84. The fourth-order valence-electron chi connectivity index (χ4n) is 1.66. The average molecular weight is 295 g/mol. The first-order valence-corrected chi connectivity index (χ1v) is 6.45. The first-order valence-electron chi connectivity index (χ1n) is 6.07. The predicted molar refractivity (Wildman–Crippen MR) is 74.6 cm³/mol. The lowest BCUT2D eigenvalue weighted by molar-refractivity contribution is 0.0322. The molecule has 0 aliphatic heterocycles. The van der Waals surface area contributed by atoms with Crippen molar-refractivity contribution in [3.63, 3.8) is 0 Å². The van der Waals surface area contributed by atoms with E-state index >= 15 is 0 Å². The molecule has 0 aromatic carbocycles. The molecule has 2 rings (SSSR count). The van der Waals surface area contributed by atoms with Gasteiger partial charge in [0.1, 0.15) is 22.8 Å². The molecule has 0 radical (unpaired) electrons. The Morgan fingerprint density at radius 2 is 2.20 bits per heavy atom. The minimum Gasteiger partial charge on any atom is -0.463 e. The first kappa shape index (κ1) is 14.6. The second kappa shape index (κ2) is 5.64. The summed E-state index contributed by atoms with van der Waals surface area (Å²) in [6.07, 6.45) is 1.39. The maximum atomic E-state index is 11.9. The number of hydrogen-bond donors (Lipinski definition) is 2. The molecule has 2 N–H and O–H groups in total. The molecule has 2 heterocycles. The highest BCUT2D eigenvalue weighted by atomic mass is 35.5. The van der Waals surface area contributed by atoms with Gasteiger partial charge >= 0.3 is 0 Å². The smallest absolute Gasteiger partial charge is 0.269 e. The second-order valence-electron chi connectivity index (χ2n) is 4.73. The zero-order chi connectivity index (χ0) is 14.8. The molecule has 0 aliphatic rings. The third-order valence-electron chi connectivity index (χ3n) is 2.82. The Hall–Kier alpha value is -1.85. The molecule has 0 fully saturated rings. The van der Waals surface area contributed by atoms with Gasteiger partial charge in [0.15, 0.2) is 0 Å². The number of halogens is 1. The quantitative estimate of drug-likeness (QED) is 0.907. The van der Waals surface area contributed by atoms with E-state index in [4.69, 9.17) is 16.0 Å². The maximum absolute atomic E-state index is 11.9. The lowest BCUT2D eigenvalue weighted by Crippen LogP contribution is -2.38. The summed E-state index contributed by atoms with van der Waals surface area (Å²) in [6, 6.07) is 6.54. The highest BCUT2D eigenvalue weighted by Gasteiger charge is 2.27. The van der Waals surface area contributed by atoms with Crippen molar-refractivity contribution in [3.8, 4) is 0 Å². The van der Waals surface area contributed by atoms with E-state index in [0.717, 1.165) is 0 Å². The Kier molecular flexibility index (Phi) is 4.11. The van der Waals surface area contributed by atoms with Gasteiger partial charge in [0, 0.05) is 6.20 Å². The second-order valence-corrected chi connectivity index (χ2v) is 5.16. The van der Waals surface area contributed by atoms with Crippen LogP contribution >= 0.6 is 11.6 Å². The number of hydrogen-bond acceptors (Lipinski definition) is 4. The molecule has 2 aromatic heterocycles. The number of carbonyl (C=O) groups excluding carboxylic acids is 1. The molecule has 20 heavy (non-hydrogen) atoms. The van der Waals surface area contributed by atoms with Crippen molar-refractivity contribution < 1.29 is 14.3 Å². The van der Waals surface area contributed by atoms with E-state index in [1.54, 1.807) is 32.0 Å². The van der Waals surface area contributed by atoms with Gasteiger partial charge in [-0.2, -0.15) is 0 Å². The van der Waals surface area contributed by atoms with Crippen LogP contribution in [0, 0.1) is 6.92 Å². The van der Waals surface area contributed by atoms with Crippen LogP contribution in [0.15, 0.2) is 34.9 Å². The maximum Gasteiger partial charge on any atom is 0.269 e. The van der Waals surface area contributed by atoms with E-state index in [2.05, 4.69) is 10.3 Å².